The molecule has 0 aliphatic rings. The van der Waals surface area contributed by atoms with Gasteiger partial charge >= 0.3 is 5.97 Å². The first-order valence-electron chi connectivity index (χ1n) is 6.66. The minimum Gasteiger partial charge on any atom is -0.484 e. The van der Waals surface area contributed by atoms with Crippen LogP contribution in [0.5, 0.6) is 5.75 Å². The van der Waals surface area contributed by atoms with Crippen molar-refractivity contribution in [2.24, 2.45) is 0 Å². The van der Waals surface area contributed by atoms with Crippen LogP contribution in [-0.2, 0) is 14.3 Å². The number of hydrogen-bond donors (Lipinski definition) is 2. The minimum atomic E-state index is -1.02. The van der Waals surface area contributed by atoms with Crippen molar-refractivity contribution in [2.75, 3.05) is 20.3 Å². The Hall–Kier alpha value is -1.79. The van der Waals surface area contributed by atoms with E-state index < -0.39 is 17.4 Å². The summed E-state index contributed by atoms with van der Waals surface area (Å²) < 4.78 is 10.4. The van der Waals surface area contributed by atoms with Crippen LogP contribution in [0.15, 0.2) is 18.2 Å². The number of aliphatic carboxylic acids is 1. The predicted molar refractivity (Wildman–Crippen MR) is 82.4 cm³/mol. The monoisotopic (exact) mass is 329 g/mol. The van der Waals surface area contributed by atoms with E-state index in [0.717, 1.165) is 5.56 Å². The van der Waals surface area contributed by atoms with Crippen molar-refractivity contribution in [1.82, 2.24) is 5.32 Å². The summed E-state index contributed by atoms with van der Waals surface area (Å²) in [6.07, 6.45) is -0.243. The SMILES string of the molecule is COCC(C)(CC(=O)O)NC(=O)COc1ccc(Cl)cc1C. The molecular weight excluding hydrogens is 310 g/mol. The lowest BCUT2D eigenvalue weighted by Crippen LogP contribution is -2.52. The zero-order valence-electron chi connectivity index (χ0n) is 12.8. The average Bonchev–Trinajstić information content (AvgIpc) is 2.36. The van der Waals surface area contributed by atoms with Gasteiger partial charge in [-0.1, -0.05) is 11.6 Å². The minimum absolute atomic E-state index is 0.0883. The number of rotatable bonds is 8. The summed E-state index contributed by atoms with van der Waals surface area (Å²) in [6.45, 7) is 3.29. The highest BCUT2D eigenvalue weighted by molar-refractivity contribution is 6.30. The number of carbonyl (C=O) groups excluding carboxylic acids is 1. The predicted octanol–water partition coefficient (Wildman–Crippen LogP) is 2.02. The number of carbonyl (C=O) groups is 2. The van der Waals surface area contributed by atoms with E-state index in [1.807, 2.05) is 6.92 Å². The first-order valence-corrected chi connectivity index (χ1v) is 7.04. The van der Waals surface area contributed by atoms with Crippen LogP contribution < -0.4 is 10.1 Å². The molecule has 0 radical (unpaired) electrons. The highest BCUT2D eigenvalue weighted by atomic mass is 35.5. The van der Waals surface area contributed by atoms with Crippen LogP contribution in [0.4, 0.5) is 0 Å². The molecule has 122 valence electrons. The van der Waals surface area contributed by atoms with E-state index in [0.29, 0.717) is 10.8 Å². The van der Waals surface area contributed by atoms with Crippen molar-refractivity contribution in [3.63, 3.8) is 0 Å². The zero-order chi connectivity index (χ0) is 16.8. The van der Waals surface area contributed by atoms with Gasteiger partial charge in [-0.25, -0.2) is 0 Å². The second kappa shape index (κ2) is 8.00. The van der Waals surface area contributed by atoms with Gasteiger partial charge in [0.2, 0.25) is 0 Å². The van der Waals surface area contributed by atoms with Crippen LogP contribution in [0.25, 0.3) is 0 Å². The maximum absolute atomic E-state index is 12.0. The molecule has 0 saturated heterocycles. The Labute approximate surface area is 134 Å². The van der Waals surface area contributed by atoms with Crippen molar-refractivity contribution in [2.45, 2.75) is 25.8 Å². The Balaban J connectivity index is 2.62. The van der Waals surface area contributed by atoms with Crippen LogP contribution in [0.3, 0.4) is 0 Å². The third-order valence-electron chi connectivity index (χ3n) is 2.94. The fourth-order valence-electron chi connectivity index (χ4n) is 2.07. The van der Waals surface area contributed by atoms with Crippen LogP contribution in [0.2, 0.25) is 5.02 Å². The largest absolute Gasteiger partial charge is 0.484 e. The maximum Gasteiger partial charge on any atom is 0.305 e. The van der Waals surface area contributed by atoms with Gasteiger partial charge in [-0.2, -0.15) is 0 Å². The molecule has 1 atom stereocenters. The van der Waals surface area contributed by atoms with Crippen molar-refractivity contribution in [3.05, 3.63) is 28.8 Å². The molecule has 0 saturated carbocycles. The number of ether oxygens (including phenoxy) is 2. The van der Waals surface area contributed by atoms with E-state index >= 15 is 0 Å². The van der Waals surface area contributed by atoms with Gasteiger partial charge in [0.1, 0.15) is 5.75 Å². The number of carboxylic acid groups (broad SMARTS) is 1. The number of amides is 1. The molecule has 1 aromatic carbocycles. The van der Waals surface area contributed by atoms with Crippen molar-refractivity contribution >= 4 is 23.5 Å². The molecule has 0 aromatic heterocycles. The van der Waals surface area contributed by atoms with Gasteiger partial charge in [-0.15, -0.1) is 0 Å². The highest BCUT2D eigenvalue weighted by Crippen LogP contribution is 2.21. The fraction of sp³-hybridized carbons (Fsp3) is 0.467. The molecule has 6 nitrogen and oxygen atoms in total. The van der Waals surface area contributed by atoms with Gasteiger partial charge in [-0.3, -0.25) is 9.59 Å². The summed E-state index contributed by atoms with van der Waals surface area (Å²) in [7, 11) is 1.44. The lowest BCUT2D eigenvalue weighted by atomic mass is 9.99. The maximum atomic E-state index is 12.0. The van der Waals surface area contributed by atoms with Crippen molar-refractivity contribution in [3.8, 4) is 5.75 Å². The topological polar surface area (TPSA) is 84.9 Å². The Morgan fingerprint density at radius 1 is 1.41 bits per heavy atom. The van der Waals surface area contributed by atoms with Crippen LogP contribution >= 0.6 is 11.6 Å². The Kier molecular flexibility index (Phi) is 6.64. The standard InChI is InChI=1S/C15H20ClNO5/c1-10-6-11(16)4-5-12(10)22-8-13(18)17-15(2,9-21-3)7-14(19)20/h4-6H,7-9H2,1-3H3,(H,17,18)(H,19,20). The van der Waals surface area contributed by atoms with Crippen molar-refractivity contribution in [1.29, 1.82) is 0 Å². The average molecular weight is 330 g/mol. The lowest BCUT2D eigenvalue weighted by molar-refractivity contribution is -0.139. The van der Waals surface area contributed by atoms with Gasteiger partial charge in [0.15, 0.2) is 6.61 Å². The highest BCUT2D eigenvalue weighted by Gasteiger charge is 2.29. The molecule has 0 heterocycles. The Morgan fingerprint density at radius 2 is 2.09 bits per heavy atom. The molecule has 0 fully saturated rings. The summed E-state index contributed by atoms with van der Waals surface area (Å²) in [5, 5.41) is 12.1. The Morgan fingerprint density at radius 3 is 2.64 bits per heavy atom. The first kappa shape index (κ1) is 18.3. The quantitative estimate of drug-likeness (QED) is 0.762. The third-order valence-corrected chi connectivity index (χ3v) is 3.18. The van der Waals surface area contributed by atoms with E-state index in [4.69, 9.17) is 26.2 Å². The molecule has 1 rings (SSSR count). The van der Waals surface area contributed by atoms with Gasteiger partial charge in [-0.05, 0) is 37.6 Å². The number of halogens is 1. The van der Waals surface area contributed by atoms with Crippen LogP contribution in [0.1, 0.15) is 18.9 Å². The number of carboxylic acids is 1. The molecule has 0 aliphatic heterocycles. The van der Waals surface area contributed by atoms with E-state index in [9.17, 15) is 9.59 Å². The van der Waals surface area contributed by atoms with E-state index in [1.54, 1.807) is 25.1 Å². The van der Waals surface area contributed by atoms with Gasteiger partial charge in [0.05, 0.1) is 18.6 Å². The molecule has 0 aliphatic carbocycles. The van der Waals surface area contributed by atoms with Gasteiger partial charge in [0.25, 0.3) is 5.91 Å². The molecule has 0 bridgehead atoms. The molecule has 1 aromatic rings. The van der Waals surface area contributed by atoms with E-state index in [-0.39, 0.29) is 19.6 Å². The molecule has 1 amide bonds. The summed E-state index contributed by atoms with van der Waals surface area (Å²) in [5.74, 6) is -0.893. The van der Waals surface area contributed by atoms with Crippen molar-refractivity contribution < 1.29 is 24.2 Å². The van der Waals surface area contributed by atoms with Crippen LogP contribution in [0, 0.1) is 6.92 Å². The molecule has 22 heavy (non-hydrogen) atoms. The summed E-state index contributed by atoms with van der Waals surface area (Å²) >= 11 is 5.85. The summed E-state index contributed by atoms with van der Waals surface area (Å²) in [6, 6.07) is 5.08. The number of methoxy groups -OCH3 is 1. The third kappa shape index (κ3) is 5.91. The summed E-state index contributed by atoms with van der Waals surface area (Å²) in [5.41, 5.74) is -0.179. The van der Waals surface area contributed by atoms with Gasteiger partial charge in [0, 0.05) is 12.1 Å². The van der Waals surface area contributed by atoms with Gasteiger partial charge < -0.3 is 19.9 Å². The number of aryl methyl sites for hydroxylation is 1. The summed E-state index contributed by atoms with van der Waals surface area (Å²) in [4.78, 5) is 22.8. The normalized spacial score (nSPS) is 13.3. The number of hydrogen-bond acceptors (Lipinski definition) is 4. The first-order chi connectivity index (χ1) is 10.3. The molecule has 2 N–H and O–H groups in total. The van der Waals surface area contributed by atoms with E-state index in [1.165, 1.54) is 7.11 Å². The molecular formula is C15H20ClNO5. The Bertz CT molecular complexity index is 549. The fourth-order valence-corrected chi connectivity index (χ4v) is 2.30. The number of benzene rings is 1. The smallest absolute Gasteiger partial charge is 0.305 e. The molecule has 7 heteroatoms. The molecule has 1 unspecified atom stereocenters. The number of nitrogens with one attached hydrogen (secondary N) is 1. The second-order valence-electron chi connectivity index (χ2n) is 5.31. The molecule has 0 spiro atoms. The second-order valence-corrected chi connectivity index (χ2v) is 5.75. The van der Waals surface area contributed by atoms with Crippen LogP contribution in [-0.4, -0.2) is 42.8 Å². The van der Waals surface area contributed by atoms with E-state index in [2.05, 4.69) is 5.32 Å². The zero-order valence-corrected chi connectivity index (χ0v) is 13.6. The lowest BCUT2D eigenvalue weighted by Gasteiger charge is -2.28.